The standard InChI is InChI=1S/C16H23NO/c1-11-8-12(15(2,3)4)14(18-10-17)13(9-11)16(5,6)7/h8-9H,1-7H3. The van der Waals surface area contributed by atoms with Gasteiger partial charge in [0.1, 0.15) is 5.75 Å². The number of ether oxygens (including phenoxy) is 1. The maximum absolute atomic E-state index is 8.90. The zero-order valence-electron chi connectivity index (χ0n) is 12.5. The molecule has 0 fully saturated rings. The molecule has 1 aromatic carbocycles. The summed E-state index contributed by atoms with van der Waals surface area (Å²) >= 11 is 0. The lowest BCUT2D eigenvalue weighted by Gasteiger charge is -2.28. The van der Waals surface area contributed by atoms with Crippen molar-refractivity contribution in [1.29, 1.82) is 5.26 Å². The smallest absolute Gasteiger partial charge is 0.292 e. The van der Waals surface area contributed by atoms with Crippen LogP contribution in [0.3, 0.4) is 0 Å². The lowest BCUT2D eigenvalue weighted by molar-refractivity contribution is 0.448. The van der Waals surface area contributed by atoms with Crippen molar-refractivity contribution in [3.63, 3.8) is 0 Å². The lowest BCUT2D eigenvalue weighted by Crippen LogP contribution is -2.19. The summed E-state index contributed by atoms with van der Waals surface area (Å²) in [5.74, 6) is 0.725. The Morgan fingerprint density at radius 3 is 1.61 bits per heavy atom. The van der Waals surface area contributed by atoms with Crippen molar-refractivity contribution >= 4 is 0 Å². The molecule has 0 saturated carbocycles. The van der Waals surface area contributed by atoms with Gasteiger partial charge < -0.3 is 4.74 Å². The van der Waals surface area contributed by atoms with Gasteiger partial charge in [0.05, 0.1) is 0 Å². The van der Waals surface area contributed by atoms with E-state index < -0.39 is 0 Å². The number of hydrogen-bond donors (Lipinski definition) is 0. The molecule has 0 heterocycles. The fraction of sp³-hybridized carbons (Fsp3) is 0.562. The van der Waals surface area contributed by atoms with Gasteiger partial charge in [-0.3, -0.25) is 0 Å². The van der Waals surface area contributed by atoms with Crippen molar-refractivity contribution in [2.24, 2.45) is 0 Å². The highest BCUT2D eigenvalue weighted by Crippen LogP contribution is 2.40. The minimum Gasteiger partial charge on any atom is -0.387 e. The number of hydrogen-bond acceptors (Lipinski definition) is 2. The molecule has 0 saturated heterocycles. The van der Waals surface area contributed by atoms with E-state index in [0.717, 1.165) is 16.9 Å². The molecule has 0 aliphatic rings. The molecule has 0 aliphatic heterocycles. The molecule has 2 nitrogen and oxygen atoms in total. The Kier molecular flexibility index (Phi) is 3.76. The molecule has 0 aliphatic carbocycles. The summed E-state index contributed by atoms with van der Waals surface area (Å²) in [7, 11) is 0. The van der Waals surface area contributed by atoms with Crippen LogP contribution in [0.5, 0.6) is 5.75 Å². The van der Waals surface area contributed by atoms with Crippen molar-refractivity contribution in [3.05, 3.63) is 28.8 Å². The van der Waals surface area contributed by atoms with E-state index in [1.54, 1.807) is 0 Å². The van der Waals surface area contributed by atoms with Gasteiger partial charge in [-0.05, 0) is 17.8 Å². The Morgan fingerprint density at radius 1 is 0.944 bits per heavy atom. The van der Waals surface area contributed by atoms with Crippen LogP contribution in [-0.2, 0) is 10.8 Å². The maximum atomic E-state index is 8.90. The van der Waals surface area contributed by atoms with Gasteiger partial charge in [0.25, 0.3) is 6.26 Å². The molecule has 0 N–H and O–H groups in total. The van der Waals surface area contributed by atoms with Crippen LogP contribution in [0.4, 0.5) is 0 Å². The maximum Gasteiger partial charge on any atom is 0.292 e. The third-order valence-electron chi connectivity index (χ3n) is 3.00. The van der Waals surface area contributed by atoms with Crippen LogP contribution in [0, 0.1) is 18.4 Å². The first-order chi connectivity index (χ1) is 8.07. The SMILES string of the molecule is Cc1cc(C(C)(C)C)c(OC#N)c(C(C)(C)C)c1. The Bertz CT molecular complexity index is 446. The van der Waals surface area contributed by atoms with Crippen LogP contribution in [0.15, 0.2) is 12.1 Å². The zero-order chi connectivity index (χ0) is 14.1. The zero-order valence-corrected chi connectivity index (χ0v) is 12.5. The highest BCUT2D eigenvalue weighted by molar-refractivity contribution is 5.51. The van der Waals surface area contributed by atoms with E-state index >= 15 is 0 Å². The van der Waals surface area contributed by atoms with Gasteiger partial charge in [-0.2, -0.15) is 0 Å². The second-order valence-corrected chi connectivity index (χ2v) is 6.88. The summed E-state index contributed by atoms with van der Waals surface area (Å²) in [5, 5.41) is 8.90. The predicted molar refractivity (Wildman–Crippen MR) is 74.8 cm³/mol. The van der Waals surface area contributed by atoms with Gasteiger partial charge in [0.15, 0.2) is 0 Å². The average molecular weight is 245 g/mol. The molecule has 0 spiro atoms. The first-order valence-corrected chi connectivity index (χ1v) is 6.29. The van der Waals surface area contributed by atoms with Gasteiger partial charge in [-0.15, -0.1) is 5.26 Å². The summed E-state index contributed by atoms with van der Waals surface area (Å²) in [6.07, 6.45) is 1.83. The van der Waals surface area contributed by atoms with E-state index in [2.05, 4.69) is 60.6 Å². The Hall–Kier alpha value is -1.49. The third kappa shape index (κ3) is 3.04. The first kappa shape index (κ1) is 14.6. The fourth-order valence-corrected chi connectivity index (χ4v) is 2.04. The van der Waals surface area contributed by atoms with Gasteiger partial charge in [0.2, 0.25) is 0 Å². The average Bonchev–Trinajstić information content (AvgIpc) is 2.17. The van der Waals surface area contributed by atoms with Crippen LogP contribution >= 0.6 is 0 Å². The number of nitriles is 1. The Balaban J connectivity index is 3.63. The van der Waals surface area contributed by atoms with Gasteiger partial charge in [-0.1, -0.05) is 59.2 Å². The highest BCUT2D eigenvalue weighted by Gasteiger charge is 2.27. The summed E-state index contributed by atoms with van der Waals surface area (Å²) in [4.78, 5) is 0. The van der Waals surface area contributed by atoms with E-state index in [-0.39, 0.29) is 10.8 Å². The van der Waals surface area contributed by atoms with E-state index in [1.165, 1.54) is 5.56 Å². The summed E-state index contributed by atoms with van der Waals surface area (Å²) < 4.78 is 5.28. The van der Waals surface area contributed by atoms with E-state index in [1.807, 2.05) is 6.26 Å². The fourth-order valence-electron chi connectivity index (χ4n) is 2.04. The van der Waals surface area contributed by atoms with Crippen LogP contribution in [0.25, 0.3) is 0 Å². The van der Waals surface area contributed by atoms with Crippen molar-refractivity contribution in [3.8, 4) is 12.0 Å². The number of nitrogens with zero attached hydrogens (tertiary/aromatic N) is 1. The Labute approximate surface area is 111 Å². The first-order valence-electron chi connectivity index (χ1n) is 6.29. The molecule has 0 aromatic heterocycles. The molecule has 1 rings (SSSR count). The van der Waals surface area contributed by atoms with Crippen molar-refractivity contribution in [1.82, 2.24) is 0 Å². The molecule has 0 atom stereocenters. The van der Waals surface area contributed by atoms with Gasteiger partial charge >= 0.3 is 0 Å². The number of benzene rings is 1. The van der Waals surface area contributed by atoms with E-state index in [4.69, 9.17) is 10.00 Å². The summed E-state index contributed by atoms with van der Waals surface area (Å²) in [5.41, 5.74) is 3.30. The normalized spacial score (nSPS) is 12.1. The topological polar surface area (TPSA) is 33.0 Å². The monoisotopic (exact) mass is 245 g/mol. The highest BCUT2D eigenvalue weighted by atomic mass is 16.5. The van der Waals surface area contributed by atoms with Crippen LogP contribution in [0.1, 0.15) is 58.2 Å². The van der Waals surface area contributed by atoms with Crippen LogP contribution in [0.2, 0.25) is 0 Å². The number of rotatable bonds is 1. The van der Waals surface area contributed by atoms with Gasteiger partial charge in [-0.25, -0.2) is 0 Å². The quantitative estimate of drug-likeness (QED) is 0.685. The summed E-state index contributed by atoms with van der Waals surface area (Å²) in [6.45, 7) is 14.9. The van der Waals surface area contributed by atoms with E-state index in [9.17, 15) is 0 Å². The molecule has 0 radical (unpaired) electrons. The van der Waals surface area contributed by atoms with Crippen molar-refractivity contribution < 1.29 is 4.74 Å². The molecule has 0 unspecified atom stereocenters. The Morgan fingerprint density at radius 2 is 1.33 bits per heavy atom. The molecular weight excluding hydrogens is 222 g/mol. The number of aryl methyl sites for hydroxylation is 1. The molecule has 0 bridgehead atoms. The van der Waals surface area contributed by atoms with Crippen molar-refractivity contribution in [2.75, 3.05) is 0 Å². The molecule has 18 heavy (non-hydrogen) atoms. The molecule has 2 heteroatoms. The minimum absolute atomic E-state index is 0.0434. The largest absolute Gasteiger partial charge is 0.387 e. The third-order valence-corrected chi connectivity index (χ3v) is 3.00. The second kappa shape index (κ2) is 4.65. The molecular formula is C16H23NO. The van der Waals surface area contributed by atoms with E-state index in [0.29, 0.717) is 0 Å². The van der Waals surface area contributed by atoms with Crippen LogP contribution in [-0.4, -0.2) is 0 Å². The minimum atomic E-state index is -0.0434. The second-order valence-electron chi connectivity index (χ2n) is 6.88. The van der Waals surface area contributed by atoms with Crippen LogP contribution < -0.4 is 4.74 Å². The van der Waals surface area contributed by atoms with Gasteiger partial charge in [0, 0.05) is 11.1 Å². The van der Waals surface area contributed by atoms with Crippen molar-refractivity contribution in [2.45, 2.75) is 59.3 Å². The predicted octanol–water partition coefficient (Wildman–Crippen LogP) is 4.45. The lowest BCUT2D eigenvalue weighted by atomic mass is 9.78. The molecule has 98 valence electrons. The molecule has 0 amide bonds. The molecule has 1 aromatic rings. The summed E-state index contributed by atoms with van der Waals surface area (Å²) in [6, 6.07) is 4.23.